The van der Waals surface area contributed by atoms with Crippen molar-refractivity contribution in [1.29, 1.82) is 0 Å². The second kappa shape index (κ2) is 4.48. The number of rotatable bonds is 4. The minimum Gasteiger partial charge on any atom is -0.481 e. The van der Waals surface area contributed by atoms with Gasteiger partial charge in [-0.1, -0.05) is 0 Å². The Morgan fingerprint density at radius 3 is 2.94 bits per heavy atom. The quantitative estimate of drug-likeness (QED) is 0.864. The van der Waals surface area contributed by atoms with E-state index in [4.69, 9.17) is 9.52 Å². The van der Waals surface area contributed by atoms with E-state index in [2.05, 4.69) is 4.98 Å². The smallest absolute Gasteiger partial charge is 0.303 e. The van der Waals surface area contributed by atoms with E-state index in [0.29, 0.717) is 18.5 Å². The van der Waals surface area contributed by atoms with Gasteiger partial charge in [0.2, 0.25) is 0 Å². The standard InChI is InChI=1S/C10H13NO5S/c12-10(13)4-3-9-11-7(6-16-9)8-2-1-5-17(8,14)15/h6,8H,1-5H2,(H,12,13). The van der Waals surface area contributed by atoms with Crippen LogP contribution in [0.25, 0.3) is 0 Å². The lowest BCUT2D eigenvalue weighted by atomic mass is 10.2. The molecule has 7 heteroatoms. The maximum atomic E-state index is 11.7. The van der Waals surface area contributed by atoms with Gasteiger partial charge in [0, 0.05) is 6.42 Å². The van der Waals surface area contributed by atoms with Gasteiger partial charge >= 0.3 is 5.97 Å². The number of nitrogens with zero attached hydrogens (tertiary/aromatic N) is 1. The molecule has 94 valence electrons. The van der Waals surface area contributed by atoms with Crippen LogP contribution in [0.2, 0.25) is 0 Å². The number of aliphatic carboxylic acids is 1. The molecule has 0 spiro atoms. The molecule has 1 N–H and O–H groups in total. The Balaban J connectivity index is 2.10. The van der Waals surface area contributed by atoms with E-state index in [1.54, 1.807) is 0 Å². The Morgan fingerprint density at radius 2 is 2.35 bits per heavy atom. The molecule has 0 radical (unpaired) electrons. The summed E-state index contributed by atoms with van der Waals surface area (Å²) in [6.45, 7) is 0. The highest BCUT2D eigenvalue weighted by Gasteiger charge is 2.34. The highest BCUT2D eigenvalue weighted by Crippen LogP contribution is 2.33. The molecule has 1 aromatic rings. The molecule has 2 heterocycles. The van der Waals surface area contributed by atoms with Crippen LogP contribution >= 0.6 is 0 Å². The van der Waals surface area contributed by atoms with E-state index in [9.17, 15) is 13.2 Å². The zero-order chi connectivity index (χ0) is 12.5. The van der Waals surface area contributed by atoms with Crippen molar-refractivity contribution in [2.45, 2.75) is 30.9 Å². The third kappa shape index (κ3) is 2.66. The maximum absolute atomic E-state index is 11.7. The lowest BCUT2D eigenvalue weighted by Crippen LogP contribution is -2.08. The molecule has 0 amide bonds. The Kier molecular flexibility index (Phi) is 3.19. The molecular formula is C10H13NO5S. The number of sulfone groups is 1. The topological polar surface area (TPSA) is 97.5 Å². The van der Waals surface area contributed by atoms with Crippen LogP contribution in [-0.4, -0.2) is 30.2 Å². The number of oxazole rings is 1. The summed E-state index contributed by atoms with van der Waals surface area (Å²) in [5.74, 6) is -0.461. The molecule has 6 nitrogen and oxygen atoms in total. The van der Waals surface area contributed by atoms with Crippen LogP contribution in [0, 0.1) is 0 Å². The van der Waals surface area contributed by atoms with E-state index in [1.807, 2.05) is 0 Å². The second-order valence-electron chi connectivity index (χ2n) is 4.06. The maximum Gasteiger partial charge on any atom is 0.303 e. The van der Waals surface area contributed by atoms with Crippen molar-refractivity contribution in [3.8, 4) is 0 Å². The molecule has 0 aliphatic carbocycles. The molecule has 0 saturated carbocycles. The average Bonchev–Trinajstić information content (AvgIpc) is 2.80. The van der Waals surface area contributed by atoms with Crippen molar-refractivity contribution in [1.82, 2.24) is 4.98 Å². The molecule has 1 fully saturated rings. The van der Waals surface area contributed by atoms with Gasteiger partial charge in [0.15, 0.2) is 15.7 Å². The summed E-state index contributed by atoms with van der Waals surface area (Å²) in [6.07, 6.45) is 2.64. The Bertz CT molecular complexity index is 519. The first-order chi connectivity index (χ1) is 7.99. The average molecular weight is 259 g/mol. The van der Waals surface area contributed by atoms with Crippen LogP contribution < -0.4 is 0 Å². The number of carboxylic acids is 1. The lowest BCUT2D eigenvalue weighted by Gasteiger charge is -2.03. The fraction of sp³-hybridized carbons (Fsp3) is 0.600. The van der Waals surface area contributed by atoms with Gasteiger partial charge < -0.3 is 9.52 Å². The summed E-state index contributed by atoms with van der Waals surface area (Å²) in [7, 11) is -3.10. The van der Waals surface area contributed by atoms with Gasteiger partial charge in [-0.15, -0.1) is 0 Å². The number of carboxylic acid groups (broad SMARTS) is 1. The zero-order valence-corrected chi connectivity index (χ0v) is 9.94. The summed E-state index contributed by atoms with van der Waals surface area (Å²) in [6, 6.07) is 0. The van der Waals surface area contributed by atoms with E-state index >= 15 is 0 Å². The van der Waals surface area contributed by atoms with Gasteiger partial charge in [0.1, 0.15) is 11.5 Å². The van der Waals surface area contributed by atoms with Gasteiger partial charge in [-0.3, -0.25) is 4.79 Å². The monoisotopic (exact) mass is 259 g/mol. The van der Waals surface area contributed by atoms with E-state index in [-0.39, 0.29) is 24.5 Å². The summed E-state index contributed by atoms with van der Waals surface area (Å²) in [5, 5.41) is 7.93. The summed E-state index contributed by atoms with van der Waals surface area (Å²) in [4.78, 5) is 14.4. The Labute approximate surface area is 98.6 Å². The Hall–Kier alpha value is -1.37. The first-order valence-corrected chi connectivity index (χ1v) is 7.08. The fourth-order valence-electron chi connectivity index (χ4n) is 1.93. The molecule has 1 aliphatic heterocycles. The molecule has 0 aromatic carbocycles. The number of aryl methyl sites for hydroxylation is 1. The van der Waals surface area contributed by atoms with Crippen LogP contribution in [0.15, 0.2) is 10.7 Å². The third-order valence-corrected chi connectivity index (χ3v) is 4.98. The largest absolute Gasteiger partial charge is 0.481 e. The number of hydrogen-bond donors (Lipinski definition) is 1. The molecule has 1 aliphatic rings. The second-order valence-corrected chi connectivity index (χ2v) is 6.36. The lowest BCUT2D eigenvalue weighted by molar-refractivity contribution is -0.137. The first kappa shape index (κ1) is 12.1. The zero-order valence-electron chi connectivity index (χ0n) is 9.13. The Morgan fingerprint density at radius 1 is 1.59 bits per heavy atom. The van der Waals surface area contributed by atoms with Gasteiger partial charge in [-0.25, -0.2) is 13.4 Å². The van der Waals surface area contributed by atoms with Crippen molar-refractivity contribution in [2.75, 3.05) is 5.75 Å². The van der Waals surface area contributed by atoms with Gasteiger partial charge in [0.05, 0.1) is 17.9 Å². The summed E-state index contributed by atoms with van der Waals surface area (Å²) in [5.41, 5.74) is 0.405. The highest BCUT2D eigenvalue weighted by atomic mass is 32.2. The number of carbonyl (C=O) groups is 1. The molecule has 1 saturated heterocycles. The predicted molar refractivity (Wildman–Crippen MR) is 58.2 cm³/mol. The molecule has 2 rings (SSSR count). The van der Waals surface area contributed by atoms with E-state index < -0.39 is 21.1 Å². The van der Waals surface area contributed by atoms with Gasteiger partial charge in [0.25, 0.3) is 0 Å². The van der Waals surface area contributed by atoms with E-state index in [0.717, 1.165) is 0 Å². The van der Waals surface area contributed by atoms with Crippen molar-refractivity contribution in [3.63, 3.8) is 0 Å². The first-order valence-electron chi connectivity index (χ1n) is 5.37. The van der Waals surface area contributed by atoms with Crippen LogP contribution in [0.3, 0.4) is 0 Å². The number of hydrogen-bond acceptors (Lipinski definition) is 5. The summed E-state index contributed by atoms with van der Waals surface area (Å²) >= 11 is 0. The molecule has 1 atom stereocenters. The molecule has 1 unspecified atom stereocenters. The predicted octanol–water partition coefficient (Wildman–Crippen LogP) is 0.942. The summed E-state index contributed by atoms with van der Waals surface area (Å²) < 4.78 is 28.4. The third-order valence-electron chi connectivity index (χ3n) is 2.78. The van der Waals surface area contributed by atoms with Crippen LogP contribution in [0.5, 0.6) is 0 Å². The molecule has 0 bridgehead atoms. The van der Waals surface area contributed by atoms with Gasteiger partial charge in [-0.05, 0) is 12.8 Å². The highest BCUT2D eigenvalue weighted by molar-refractivity contribution is 7.91. The van der Waals surface area contributed by atoms with Crippen molar-refractivity contribution in [2.24, 2.45) is 0 Å². The van der Waals surface area contributed by atoms with Gasteiger partial charge in [-0.2, -0.15) is 0 Å². The molecule has 17 heavy (non-hydrogen) atoms. The van der Waals surface area contributed by atoms with Crippen LogP contribution in [0.4, 0.5) is 0 Å². The van der Waals surface area contributed by atoms with Crippen molar-refractivity contribution in [3.05, 3.63) is 17.8 Å². The molecular weight excluding hydrogens is 246 g/mol. The van der Waals surface area contributed by atoms with Crippen LogP contribution in [0.1, 0.15) is 36.1 Å². The fourth-order valence-corrected chi connectivity index (χ4v) is 3.78. The van der Waals surface area contributed by atoms with Crippen molar-refractivity contribution >= 4 is 15.8 Å². The van der Waals surface area contributed by atoms with E-state index in [1.165, 1.54) is 6.26 Å². The normalized spacial score (nSPS) is 22.7. The minimum absolute atomic E-state index is 0.0721. The van der Waals surface area contributed by atoms with Crippen molar-refractivity contribution < 1.29 is 22.7 Å². The molecule has 1 aromatic heterocycles. The number of aromatic nitrogens is 1. The minimum atomic E-state index is -3.10. The van der Waals surface area contributed by atoms with Crippen LogP contribution in [-0.2, 0) is 21.1 Å². The SMILES string of the molecule is O=C(O)CCc1nc(C2CCCS2(=O)=O)co1.